The number of aromatic amines is 1. The zero-order chi connectivity index (χ0) is 15.1. The average molecular weight is 294 g/mol. The molecule has 2 aromatic carbocycles. The van der Waals surface area contributed by atoms with Gasteiger partial charge < -0.3 is 20.6 Å². The average Bonchev–Trinajstić information content (AvgIpc) is 3.12. The van der Waals surface area contributed by atoms with E-state index in [1.54, 1.807) is 6.07 Å². The van der Waals surface area contributed by atoms with Crippen LogP contribution in [0, 0.1) is 0 Å². The molecule has 1 atom stereocenters. The monoisotopic (exact) mass is 294 g/mol. The molecule has 0 bridgehead atoms. The second-order valence-corrected chi connectivity index (χ2v) is 5.69. The number of H-pyrrole nitrogens is 1. The molecule has 0 fully saturated rings. The van der Waals surface area contributed by atoms with E-state index in [1.165, 1.54) is 5.56 Å². The first-order valence-electron chi connectivity index (χ1n) is 7.54. The number of hydrogen-bond acceptors (Lipinski definition) is 3. The van der Waals surface area contributed by atoms with Gasteiger partial charge in [0.1, 0.15) is 17.6 Å². The normalized spacial score (nSPS) is 16.7. The lowest BCUT2D eigenvalue weighted by molar-refractivity contribution is 0.235. The Morgan fingerprint density at radius 3 is 2.91 bits per heavy atom. The van der Waals surface area contributed by atoms with Crippen LogP contribution in [0.3, 0.4) is 0 Å². The van der Waals surface area contributed by atoms with E-state index in [2.05, 4.69) is 11.1 Å². The van der Waals surface area contributed by atoms with Crippen molar-refractivity contribution >= 4 is 10.9 Å². The molecular formula is C18H18N2O2. The number of rotatable bonds is 3. The molecule has 4 rings (SSSR count). The quantitative estimate of drug-likeness (QED) is 0.695. The van der Waals surface area contributed by atoms with Crippen molar-refractivity contribution in [2.45, 2.75) is 18.9 Å². The first kappa shape index (κ1) is 13.2. The van der Waals surface area contributed by atoms with Gasteiger partial charge in [0.15, 0.2) is 0 Å². The van der Waals surface area contributed by atoms with Gasteiger partial charge in [-0.15, -0.1) is 0 Å². The standard InChI is InChI=1S/C18H18N2O2/c19-8-7-12-10-20-13-5-6-14(21)18(17(12)13)16-9-11-3-1-2-4-15(11)22-16/h1-6,10,16,20-21H,7-9,19H2. The van der Waals surface area contributed by atoms with Gasteiger partial charge in [-0.1, -0.05) is 18.2 Å². The molecule has 4 nitrogen and oxygen atoms in total. The summed E-state index contributed by atoms with van der Waals surface area (Å²) in [5, 5.41) is 11.5. The Kier molecular flexibility index (Phi) is 3.05. The molecule has 22 heavy (non-hydrogen) atoms. The van der Waals surface area contributed by atoms with Gasteiger partial charge in [-0.05, 0) is 42.3 Å². The van der Waals surface area contributed by atoms with Crippen molar-refractivity contribution in [2.75, 3.05) is 6.54 Å². The zero-order valence-electron chi connectivity index (χ0n) is 12.2. The third-order valence-corrected chi connectivity index (χ3v) is 4.33. The number of nitrogens with one attached hydrogen (secondary N) is 1. The minimum atomic E-state index is -0.159. The Bertz CT molecular complexity index is 813. The van der Waals surface area contributed by atoms with Crippen LogP contribution in [0.2, 0.25) is 0 Å². The van der Waals surface area contributed by atoms with Crippen molar-refractivity contribution < 1.29 is 9.84 Å². The van der Waals surface area contributed by atoms with E-state index in [0.29, 0.717) is 6.54 Å². The van der Waals surface area contributed by atoms with Crippen molar-refractivity contribution in [3.05, 3.63) is 59.3 Å². The molecule has 0 aliphatic carbocycles. The Hall–Kier alpha value is -2.46. The van der Waals surface area contributed by atoms with Gasteiger partial charge in [0.05, 0.1) is 0 Å². The first-order chi connectivity index (χ1) is 10.8. The maximum atomic E-state index is 10.4. The van der Waals surface area contributed by atoms with Crippen molar-refractivity contribution in [3.8, 4) is 11.5 Å². The molecule has 1 aliphatic rings. The Morgan fingerprint density at radius 2 is 2.09 bits per heavy atom. The summed E-state index contributed by atoms with van der Waals surface area (Å²) in [7, 11) is 0. The highest BCUT2D eigenvalue weighted by atomic mass is 16.5. The van der Waals surface area contributed by atoms with E-state index in [1.807, 2.05) is 30.5 Å². The summed E-state index contributed by atoms with van der Waals surface area (Å²) in [6.45, 7) is 0.577. The van der Waals surface area contributed by atoms with Gasteiger partial charge in [-0.25, -0.2) is 0 Å². The van der Waals surface area contributed by atoms with Crippen LogP contribution in [-0.4, -0.2) is 16.6 Å². The number of fused-ring (bicyclic) bond motifs is 2. The number of benzene rings is 2. The third-order valence-electron chi connectivity index (χ3n) is 4.33. The van der Waals surface area contributed by atoms with Crippen LogP contribution >= 0.6 is 0 Å². The number of aromatic hydroxyl groups is 1. The summed E-state index contributed by atoms with van der Waals surface area (Å²) in [5.41, 5.74) is 9.89. The molecule has 0 amide bonds. The SMILES string of the molecule is NCCc1c[nH]c2ccc(O)c(C3Cc4ccccc4O3)c12. The highest BCUT2D eigenvalue weighted by molar-refractivity contribution is 5.89. The van der Waals surface area contributed by atoms with Gasteiger partial charge in [0.25, 0.3) is 0 Å². The summed E-state index contributed by atoms with van der Waals surface area (Å²) in [4.78, 5) is 3.26. The van der Waals surface area contributed by atoms with E-state index in [9.17, 15) is 5.11 Å². The molecule has 0 saturated carbocycles. The summed E-state index contributed by atoms with van der Waals surface area (Å²) in [5.74, 6) is 1.18. The molecule has 1 aromatic heterocycles. The molecule has 0 spiro atoms. The topological polar surface area (TPSA) is 71.3 Å². The molecule has 3 aromatic rings. The number of aromatic nitrogens is 1. The van der Waals surface area contributed by atoms with Crippen LogP contribution in [-0.2, 0) is 12.8 Å². The summed E-state index contributed by atoms with van der Waals surface area (Å²) < 4.78 is 6.08. The summed E-state index contributed by atoms with van der Waals surface area (Å²) >= 11 is 0. The second kappa shape index (κ2) is 5.07. The van der Waals surface area contributed by atoms with Gasteiger partial charge in [-0.2, -0.15) is 0 Å². The predicted molar refractivity (Wildman–Crippen MR) is 86.2 cm³/mol. The molecule has 4 N–H and O–H groups in total. The largest absolute Gasteiger partial charge is 0.508 e. The lowest BCUT2D eigenvalue weighted by Crippen LogP contribution is -2.07. The summed E-state index contributed by atoms with van der Waals surface area (Å²) in [6.07, 6.45) is 3.36. The Morgan fingerprint density at radius 1 is 1.23 bits per heavy atom. The maximum absolute atomic E-state index is 10.4. The van der Waals surface area contributed by atoms with Gasteiger partial charge in [-0.3, -0.25) is 0 Å². The number of para-hydroxylation sites is 1. The molecule has 1 aliphatic heterocycles. The van der Waals surface area contributed by atoms with E-state index in [-0.39, 0.29) is 11.9 Å². The van der Waals surface area contributed by atoms with Crippen molar-refractivity contribution in [3.63, 3.8) is 0 Å². The molecule has 1 unspecified atom stereocenters. The number of ether oxygens (including phenoxy) is 1. The first-order valence-corrected chi connectivity index (χ1v) is 7.54. The fourth-order valence-electron chi connectivity index (χ4n) is 3.33. The smallest absolute Gasteiger partial charge is 0.132 e. The minimum absolute atomic E-state index is 0.159. The third kappa shape index (κ3) is 1.96. The molecule has 4 heteroatoms. The highest BCUT2D eigenvalue weighted by Crippen LogP contribution is 2.43. The van der Waals surface area contributed by atoms with Gasteiger partial charge >= 0.3 is 0 Å². The number of phenolic OH excluding ortho intramolecular Hbond substituents is 1. The van der Waals surface area contributed by atoms with Crippen LogP contribution < -0.4 is 10.5 Å². The van der Waals surface area contributed by atoms with E-state index < -0.39 is 0 Å². The van der Waals surface area contributed by atoms with Gasteiger partial charge in [0, 0.05) is 29.1 Å². The van der Waals surface area contributed by atoms with Gasteiger partial charge in [0.2, 0.25) is 0 Å². The van der Waals surface area contributed by atoms with Crippen LogP contribution in [0.1, 0.15) is 22.8 Å². The van der Waals surface area contributed by atoms with Crippen LogP contribution in [0.5, 0.6) is 11.5 Å². The van der Waals surface area contributed by atoms with E-state index >= 15 is 0 Å². The van der Waals surface area contributed by atoms with Crippen LogP contribution in [0.15, 0.2) is 42.6 Å². The van der Waals surface area contributed by atoms with Crippen LogP contribution in [0.4, 0.5) is 0 Å². The lowest BCUT2D eigenvalue weighted by atomic mass is 9.96. The lowest BCUT2D eigenvalue weighted by Gasteiger charge is -2.15. The summed E-state index contributed by atoms with van der Waals surface area (Å²) in [6, 6.07) is 11.7. The highest BCUT2D eigenvalue weighted by Gasteiger charge is 2.29. The van der Waals surface area contributed by atoms with Crippen molar-refractivity contribution in [2.24, 2.45) is 5.73 Å². The number of phenols is 1. The minimum Gasteiger partial charge on any atom is -0.508 e. The van der Waals surface area contributed by atoms with Crippen molar-refractivity contribution in [1.82, 2.24) is 4.98 Å². The zero-order valence-corrected chi connectivity index (χ0v) is 12.2. The van der Waals surface area contributed by atoms with E-state index in [0.717, 1.165) is 40.6 Å². The van der Waals surface area contributed by atoms with Crippen LogP contribution in [0.25, 0.3) is 10.9 Å². The fraction of sp³-hybridized carbons (Fsp3) is 0.222. The van der Waals surface area contributed by atoms with E-state index in [4.69, 9.17) is 10.5 Å². The number of hydrogen-bond donors (Lipinski definition) is 3. The second-order valence-electron chi connectivity index (χ2n) is 5.69. The Labute approximate surface area is 128 Å². The number of nitrogens with two attached hydrogens (primary N) is 1. The molecule has 2 heterocycles. The fourth-order valence-corrected chi connectivity index (χ4v) is 3.33. The molecular weight excluding hydrogens is 276 g/mol. The van der Waals surface area contributed by atoms with Crippen molar-refractivity contribution in [1.29, 1.82) is 0 Å². The molecule has 0 saturated heterocycles. The Balaban J connectivity index is 1.85. The maximum Gasteiger partial charge on any atom is 0.132 e. The molecule has 112 valence electrons. The predicted octanol–water partition coefficient (Wildman–Crippen LogP) is 3.05. The molecule has 0 radical (unpaired) electrons.